The highest BCUT2D eigenvalue weighted by Gasteiger charge is 2.17. The molecule has 0 saturated carbocycles. The second-order valence-corrected chi connectivity index (χ2v) is 3.84. The van der Waals surface area contributed by atoms with E-state index in [0.717, 1.165) is 0 Å². The van der Waals surface area contributed by atoms with Crippen molar-refractivity contribution in [1.82, 2.24) is 0 Å². The number of carbonyl (C=O) groups is 1. The number of methoxy groups -OCH3 is 1. The average molecular weight is 174 g/mol. The molecule has 0 radical (unpaired) electrons. The quantitative estimate of drug-likeness (QED) is 0.611. The zero-order valence-corrected chi connectivity index (χ0v) is 8.51. The molecule has 0 aromatic carbocycles. The van der Waals surface area contributed by atoms with Gasteiger partial charge in [-0.2, -0.15) is 0 Å². The van der Waals surface area contributed by atoms with Crippen LogP contribution < -0.4 is 0 Å². The molecule has 0 amide bonds. The Hall–Kier alpha value is -0.570. The molecule has 12 heavy (non-hydrogen) atoms. The minimum absolute atomic E-state index is 0.0696. The van der Waals surface area contributed by atoms with Crippen molar-refractivity contribution in [3.8, 4) is 0 Å². The number of rotatable bonds is 3. The van der Waals surface area contributed by atoms with Crippen molar-refractivity contribution in [2.24, 2.45) is 0 Å². The fourth-order valence-corrected chi connectivity index (χ4v) is 0.701. The molecule has 3 heteroatoms. The third-order valence-electron chi connectivity index (χ3n) is 1.28. The molecule has 0 aromatic heterocycles. The van der Waals surface area contributed by atoms with Gasteiger partial charge in [0, 0.05) is 7.11 Å². The predicted molar refractivity (Wildman–Crippen MR) is 46.9 cm³/mol. The van der Waals surface area contributed by atoms with Crippen LogP contribution in [-0.2, 0) is 14.3 Å². The van der Waals surface area contributed by atoms with Gasteiger partial charge in [0.2, 0.25) is 0 Å². The summed E-state index contributed by atoms with van der Waals surface area (Å²) in [6, 6.07) is 0. The monoisotopic (exact) mass is 174 g/mol. The molecule has 1 atom stereocenters. The molecular formula is C9H18O3. The van der Waals surface area contributed by atoms with E-state index in [1.165, 1.54) is 0 Å². The number of hydrogen-bond acceptors (Lipinski definition) is 3. The molecule has 0 spiro atoms. The molecule has 72 valence electrons. The molecule has 0 saturated heterocycles. The van der Waals surface area contributed by atoms with Gasteiger partial charge in [0.25, 0.3) is 0 Å². The van der Waals surface area contributed by atoms with Crippen LogP contribution in [0.15, 0.2) is 0 Å². The summed E-state index contributed by atoms with van der Waals surface area (Å²) in [7, 11) is 1.58. The zero-order valence-electron chi connectivity index (χ0n) is 8.51. The molecule has 3 nitrogen and oxygen atoms in total. The van der Waals surface area contributed by atoms with E-state index >= 15 is 0 Å². The van der Waals surface area contributed by atoms with Gasteiger partial charge in [-0.25, -0.2) is 0 Å². The first-order chi connectivity index (χ1) is 5.35. The molecule has 0 N–H and O–H groups in total. The Morgan fingerprint density at radius 3 is 2.25 bits per heavy atom. The van der Waals surface area contributed by atoms with Crippen LogP contribution in [0.3, 0.4) is 0 Å². The summed E-state index contributed by atoms with van der Waals surface area (Å²) in [6.45, 7) is 7.39. The summed E-state index contributed by atoms with van der Waals surface area (Å²) < 4.78 is 10.0. The first-order valence-electron chi connectivity index (χ1n) is 4.10. The number of ether oxygens (including phenoxy) is 2. The fraction of sp³-hybridized carbons (Fsp3) is 0.889. The highest BCUT2D eigenvalue weighted by atomic mass is 16.6. The molecule has 0 heterocycles. The van der Waals surface area contributed by atoms with Crippen LogP contribution in [0, 0.1) is 0 Å². The van der Waals surface area contributed by atoms with Gasteiger partial charge >= 0.3 is 5.97 Å². The normalized spacial score (nSPS) is 14.1. The summed E-state index contributed by atoms with van der Waals surface area (Å²) in [4.78, 5) is 11.1. The van der Waals surface area contributed by atoms with Crippen molar-refractivity contribution in [2.75, 3.05) is 7.11 Å². The number of carbonyl (C=O) groups excluding carboxylic acids is 1. The van der Waals surface area contributed by atoms with E-state index in [-0.39, 0.29) is 12.1 Å². The molecule has 0 aliphatic carbocycles. The van der Waals surface area contributed by atoms with E-state index in [4.69, 9.17) is 9.47 Å². The van der Waals surface area contributed by atoms with E-state index in [2.05, 4.69) is 0 Å². The second kappa shape index (κ2) is 4.45. The van der Waals surface area contributed by atoms with Gasteiger partial charge in [-0.15, -0.1) is 0 Å². The van der Waals surface area contributed by atoms with Crippen LogP contribution >= 0.6 is 0 Å². The summed E-state index contributed by atoms with van der Waals surface area (Å²) in [5.74, 6) is -0.211. The van der Waals surface area contributed by atoms with E-state index in [1.54, 1.807) is 7.11 Å². The third-order valence-corrected chi connectivity index (χ3v) is 1.28. The predicted octanol–water partition coefficient (Wildman–Crippen LogP) is 1.75. The largest absolute Gasteiger partial charge is 0.460 e. The van der Waals surface area contributed by atoms with Crippen LogP contribution in [0.25, 0.3) is 0 Å². The SMILES string of the molecule is CO[C@H](C)CC(=O)OC(C)(C)C. The molecule has 0 fully saturated rings. The van der Waals surface area contributed by atoms with E-state index in [9.17, 15) is 4.79 Å². The Kier molecular flexibility index (Phi) is 4.24. The van der Waals surface area contributed by atoms with E-state index in [1.807, 2.05) is 27.7 Å². The maximum absolute atomic E-state index is 11.1. The van der Waals surface area contributed by atoms with Crippen LogP contribution in [0.1, 0.15) is 34.1 Å². The minimum atomic E-state index is -0.398. The van der Waals surface area contributed by atoms with Crippen LogP contribution in [0.4, 0.5) is 0 Å². The van der Waals surface area contributed by atoms with Gasteiger partial charge in [-0.1, -0.05) is 0 Å². The van der Waals surface area contributed by atoms with Gasteiger partial charge in [0.1, 0.15) is 5.60 Å². The second-order valence-electron chi connectivity index (χ2n) is 3.84. The van der Waals surface area contributed by atoms with Crippen molar-refractivity contribution in [1.29, 1.82) is 0 Å². The summed E-state index contributed by atoms with van der Waals surface area (Å²) in [5.41, 5.74) is -0.398. The highest BCUT2D eigenvalue weighted by Crippen LogP contribution is 2.09. The topological polar surface area (TPSA) is 35.5 Å². The molecular weight excluding hydrogens is 156 g/mol. The van der Waals surface area contributed by atoms with Crippen molar-refractivity contribution < 1.29 is 14.3 Å². The van der Waals surface area contributed by atoms with Gasteiger partial charge in [-0.05, 0) is 27.7 Å². The Morgan fingerprint density at radius 2 is 1.92 bits per heavy atom. The van der Waals surface area contributed by atoms with Crippen LogP contribution in [-0.4, -0.2) is 24.8 Å². The van der Waals surface area contributed by atoms with Crippen LogP contribution in [0.5, 0.6) is 0 Å². The summed E-state index contributed by atoms with van der Waals surface area (Å²) in [5, 5.41) is 0. The lowest BCUT2D eigenvalue weighted by atomic mass is 10.2. The van der Waals surface area contributed by atoms with E-state index < -0.39 is 5.60 Å². The highest BCUT2D eigenvalue weighted by molar-refractivity contribution is 5.70. The summed E-state index contributed by atoms with van der Waals surface area (Å²) >= 11 is 0. The first-order valence-corrected chi connectivity index (χ1v) is 4.10. The first kappa shape index (κ1) is 11.4. The Labute approximate surface area is 74.0 Å². The number of hydrogen-bond donors (Lipinski definition) is 0. The Morgan fingerprint density at radius 1 is 1.42 bits per heavy atom. The lowest BCUT2D eigenvalue weighted by Gasteiger charge is -2.20. The molecule has 0 aliphatic heterocycles. The lowest BCUT2D eigenvalue weighted by molar-refractivity contribution is -0.157. The molecule has 0 aromatic rings. The minimum Gasteiger partial charge on any atom is -0.460 e. The van der Waals surface area contributed by atoms with Crippen molar-refractivity contribution in [3.05, 3.63) is 0 Å². The standard InChI is InChI=1S/C9H18O3/c1-7(11-5)6-8(10)12-9(2,3)4/h7H,6H2,1-5H3/t7-/m1/s1. The maximum atomic E-state index is 11.1. The maximum Gasteiger partial charge on any atom is 0.308 e. The van der Waals surface area contributed by atoms with Crippen molar-refractivity contribution in [3.63, 3.8) is 0 Å². The molecule has 0 aliphatic rings. The van der Waals surface area contributed by atoms with Gasteiger partial charge in [-0.3, -0.25) is 4.79 Å². The Bertz CT molecular complexity index is 146. The average Bonchev–Trinajstić information content (AvgIpc) is 1.82. The Balaban J connectivity index is 3.75. The van der Waals surface area contributed by atoms with Crippen molar-refractivity contribution in [2.45, 2.75) is 45.8 Å². The van der Waals surface area contributed by atoms with Gasteiger partial charge < -0.3 is 9.47 Å². The van der Waals surface area contributed by atoms with Gasteiger partial charge in [0.05, 0.1) is 12.5 Å². The zero-order chi connectivity index (χ0) is 9.78. The smallest absolute Gasteiger partial charge is 0.308 e. The third kappa shape index (κ3) is 6.16. The molecule has 0 bridgehead atoms. The van der Waals surface area contributed by atoms with Crippen molar-refractivity contribution >= 4 is 5.97 Å². The summed E-state index contributed by atoms with van der Waals surface area (Å²) in [6.07, 6.45) is 0.244. The van der Waals surface area contributed by atoms with Gasteiger partial charge in [0.15, 0.2) is 0 Å². The lowest BCUT2D eigenvalue weighted by Crippen LogP contribution is -2.26. The molecule has 0 unspecified atom stereocenters. The van der Waals surface area contributed by atoms with E-state index in [0.29, 0.717) is 6.42 Å². The number of esters is 1. The van der Waals surface area contributed by atoms with Crippen LogP contribution in [0.2, 0.25) is 0 Å². The fourth-order valence-electron chi connectivity index (χ4n) is 0.701. The molecule has 0 rings (SSSR count).